The van der Waals surface area contributed by atoms with E-state index in [0.29, 0.717) is 17.1 Å². The highest BCUT2D eigenvalue weighted by Gasteiger charge is 2.06. The van der Waals surface area contributed by atoms with Gasteiger partial charge in [0.2, 0.25) is 5.91 Å². The monoisotopic (exact) mass is 306 g/mol. The lowest BCUT2D eigenvalue weighted by Crippen LogP contribution is -2.18. The lowest BCUT2D eigenvalue weighted by molar-refractivity contribution is 0.1000. The smallest absolute Gasteiger partial charge is 0.248 e. The Kier molecular flexibility index (Phi) is 5.31. The lowest BCUT2D eigenvalue weighted by Gasteiger charge is -2.07. The Morgan fingerprint density at radius 1 is 1.19 bits per heavy atom. The molecular formula is C16H16ClFN2O. The summed E-state index contributed by atoms with van der Waals surface area (Å²) in [6.07, 6.45) is 0.832. The normalized spacial score (nSPS) is 10.6. The van der Waals surface area contributed by atoms with Crippen LogP contribution in [0.5, 0.6) is 0 Å². The van der Waals surface area contributed by atoms with Crippen LogP contribution in [0.25, 0.3) is 0 Å². The predicted molar refractivity (Wildman–Crippen MR) is 81.8 cm³/mol. The second-order valence-electron chi connectivity index (χ2n) is 4.72. The average Bonchev–Trinajstić information content (AvgIpc) is 2.46. The van der Waals surface area contributed by atoms with E-state index < -0.39 is 11.7 Å². The Balaban J connectivity index is 1.83. The number of primary amides is 1. The van der Waals surface area contributed by atoms with E-state index in [4.69, 9.17) is 17.3 Å². The molecule has 0 aromatic heterocycles. The summed E-state index contributed by atoms with van der Waals surface area (Å²) in [4.78, 5) is 10.9. The molecule has 110 valence electrons. The van der Waals surface area contributed by atoms with Crippen molar-refractivity contribution >= 4 is 17.5 Å². The molecule has 1 amide bonds. The van der Waals surface area contributed by atoms with Gasteiger partial charge in [-0.3, -0.25) is 4.79 Å². The summed E-state index contributed by atoms with van der Waals surface area (Å²) >= 11 is 5.82. The molecule has 5 heteroatoms. The Labute approximate surface area is 127 Å². The van der Waals surface area contributed by atoms with E-state index in [0.717, 1.165) is 18.5 Å². The quantitative estimate of drug-likeness (QED) is 0.806. The van der Waals surface area contributed by atoms with Gasteiger partial charge in [-0.15, -0.1) is 0 Å². The number of benzene rings is 2. The molecule has 0 radical (unpaired) electrons. The van der Waals surface area contributed by atoms with Gasteiger partial charge in [-0.25, -0.2) is 4.39 Å². The van der Waals surface area contributed by atoms with Crippen molar-refractivity contribution in [3.63, 3.8) is 0 Å². The van der Waals surface area contributed by atoms with Crippen LogP contribution in [0.2, 0.25) is 5.02 Å². The molecule has 0 unspecified atom stereocenters. The fourth-order valence-corrected chi connectivity index (χ4v) is 2.08. The van der Waals surface area contributed by atoms with Crippen molar-refractivity contribution in [3.8, 4) is 0 Å². The van der Waals surface area contributed by atoms with Gasteiger partial charge >= 0.3 is 0 Å². The summed E-state index contributed by atoms with van der Waals surface area (Å²) in [5.41, 5.74) is 6.95. The third-order valence-corrected chi connectivity index (χ3v) is 3.41. The molecular weight excluding hydrogens is 291 g/mol. The van der Waals surface area contributed by atoms with E-state index in [9.17, 15) is 9.18 Å². The van der Waals surface area contributed by atoms with Crippen molar-refractivity contribution in [1.82, 2.24) is 5.32 Å². The van der Waals surface area contributed by atoms with Crippen LogP contribution in [0.1, 0.15) is 21.5 Å². The molecule has 3 nitrogen and oxygen atoms in total. The lowest BCUT2D eigenvalue weighted by atomic mass is 10.1. The molecule has 0 aliphatic rings. The highest BCUT2D eigenvalue weighted by molar-refractivity contribution is 6.30. The van der Waals surface area contributed by atoms with Gasteiger partial charge in [-0.1, -0.05) is 29.8 Å². The number of halogens is 2. The van der Waals surface area contributed by atoms with Crippen LogP contribution in [-0.4, -0.2) is 12.5 Å². The summed E-state index contributed by atoms with van der Waals surface area (Å²) in [7, 11) is 0. The summed E-state index contributed by atoms with van der Waals surface area (Å²) in [6.45, 7) is 1.12. The maximum absolute atomic E-state index is 13.7. The first kappa shape index (κ1) is 15.5. The number of hydrogen-bond donors (Lipinski definition) is 2. The third kappa shape index (κ3) is 4.55. The van der Waals surface area contributed by atoms with Gasteiger partial charge in [-0.2, -0.15) is 0 Å². The Bertz CT molecular complexity index is 629. The van der Waals surface area contributed by atoms with Gasteiger partial charge in [-0.05, 0) is 42.8 Å². The molecule has 3 N–H and O–H groups in total. The molecule has 0 aliphatic carbocycles. The van der Waals surface area contributed by atoms with Crippen molar-refractivity contribution in [1.29, 1.82) is 0 Å². The van der Waals surface area contributed by atoms with E-state index in [-0.39, 0.29) is 5.56 Å². The number of carbonyl (C=O) groups excluding carboxylic acids is 1. The van der Waals surface area contributed by atoms with Gasteiger partial charge in [0, 0.05) is 22.7 Å². The van der Waals surface area contributed by atoms with Crippen molar-refractivity contribution < 1.29 is 9.18 Å². The van der Waals surface area contributed by atoms with Crippen LogP contribution >= 0.6 is 11.6 Å². The first-order valence-corrected chi connectivity index (χ1v) is 6.97. The van der Waals surface area contributed by atoms with E-state index in [1.807, 2.05) is 24.3 Å². The minimum absolute atomic E-state index is 0.178. The van der Waals surface area contributed by atoms with E-state index in [2.05, 4.69) is 5.32 Å². The maximum Gasteiger partial charge on any atom is 0.248 e. The number of rotatable bonds is 6. The fraction of sp³-hybridized carbons (Fsp3) is 0.188. The second-order valence-corrected chi connectivity index (χ2v) is 5.16. The number of hydrogen-bond acceptors (Lipinski definition) is 2. The summed E-state index contributed by atoms with van der Waals surface area (Å²) in [6, 6.07) is 11.9. The molecule has 0 bridgehead atoms. The van der Waals surface area contributed by atoms with E-state index >= 15 is 0 Å². The largest absolute Gasteiger partial charge is 0.366 e. The van der Waals surface area contributed by atoms with Crippen molar-refractivity contribution in [2.75, 3.05) is 6.54 Å². The van der Waals surface area contributed by atoms with E-state index in [1.165, 1.54) is 12.1 Å². The first-order valence-electron chi connectivity index (χ1n) is 6.59. The Hall–Kier alpha value is -1.91. The predicted octanol–water partition coefficient (Wildman–Crippen LogP) is 2.91. The minimum atomic E-state index is -0.629. The zero-order valence-corrected chi connectivity index (χ0v) is 12.2. The van der Waals surface area contributed by atoms with Crippen LogP contribution in [0.15, 0.2) is 42.5 Å². The molecule has 0 heterocycles. The molecule has 2 rings (SSSR count). The van der Waals surface area contributed by atoms with Gasteiger partial charge in [0.15, 0.2) is 0 Å². The second kappa shape index (κ2) is 7.20. The highest BCUT2D eigenvalue weighted by Crippen LogP contribution is 2.11. The molecule has 21 heavy (non-hydrogen) atoms. The molecule has 2 aromatic carbocycles. The van der Waals surface area contributed by atoms with Gasteiger partial charge in [0.05, 0.1) is 0 Å². The summed E-state index contributed by atoms with van der Waals surface area (Å²) < 4.78 is 13.7. The molecule has 0 saturated carbocycles. The number of carbonyl (C=O) groups is 1. The number of nitrogens with one attached hydrogen (secondary N) is 1. The maximum atomic E-state index is 13.7. The molecule has 2 aromatic rings. The van der Waals surface area contributed by atoms with Gasteiger partial charge < -0.3 is 11.1 Å². The molecule has 0 atom stereocenters. The van der Waals surface area contributed by atoms with Crippen molar-refractivity contribution in [2.45, 2.75) is 13.0 Å². The van der Waals surface area contributed by atoms with Crippen molar-refractivity contribution in [2.24, 2.45) is 5.73 Å². The zero-order chi connectivity index (χ0) is 15.2. The van der Waals surface area contributed by atoms with Gasteiger partial charge in [0.25, 0.3) is 0 Å². The van der Waals surface area contributed by atoms with Gasteiger partial charge in [0.1, 0.15) is 5.82 Å². The van der Waals surface area contributed by atoms with Crippen LogP contribution in [0.4, 0.5) is 4.39 Å². The minimum Gasteiger partial charge on any atom is -0.366 e. The van der Waals surface area contributed by atoms with Crippen molar-refractivity contribution in [3.05, 3.63) is 70.0 Å². The first-order chi connectivity index (χ1) is 10.1. The number of amides is 1. The Morgan fingerprint density at radius 3 is 2.52 bits per heavy atom. The topological polar surface area (TPSA) is 55.1 Å². The molecule has 0 aliphatic heterocycles. The molecule has 0 saturated heterocycles. The van der Waals surface area contributed by atoms with Crippen LogP contribution in [0.3, 0.4) is 0 Å². The molecule has 0 fully saturated rings. The Morgan fingerprint density at radius 2 is 1.90 bits per heavy atom. The standard InChI is InChI=1S/C16H16ClFN2O/c17-14-5-1-11(2-6-14)7-8-20-10-13-4-3-12(16(19)21)9-15(13)18/h1-6,9,20H,7-8,10H2,(H2,19,21). The fourth-order valence-electron chi connectivity index (χ4n) is 1.95. The van der Waals surface area contributed by atoms with E-state index in [1.54, 1.807) is 6.07 Å². The zero-order valence-electron chi connectivity index (χ0n) is 11.4. The summed E-state index contributed by atoms with van der Waals surface area (Å²) in [5.74, 6) is -1.05. The molecule has 0 spiro atoms. The van der Waals surface area contributed by atoms with Crippen LogP contribution in [0, 0.1) is 5.82 Å². The van der Waals surface area contributed by atoms with Crippen LogP contribution in [-0.2, 0) is 13.0 Å². The highest BCUT2D eigenvalue weighted by atomic mass is 35.5. The SMILES string of the molecule is NC(=O)c1ccc(CNCCc2ccc(Cl)cc2)c(F)c1. The summed E-state index contributed by atoms with van der Waals surface area (Å²) in [5, 5.41) is 3.88. The number of nitrogens with two attached hydrogens (primary N) is 1. The third-order valence-electron chi connectivity index (χ3n) is 3.16. The average molecular weight is 307 g/mol. The van der Waals surface area contributed by atoms with Crippen LogP contribution < -0.4 is 11.1 Å².